The first-order chi connectivity index (χ1) is 13.9. The van der Waals surface area contributed by atoms with Gasteiger partial charge in [-0.05, 0) is 44.0 Å². The zero-order chi connectivity index (χ0) is 21.4. The van der Waals surface area contributed by atoms with Crippen molar-refractivity contribution in [1.29, 1.82) is 0 Å². The van der Waals surface area contributed by atoms with Gasteiger partial charge >= 0.3 is 6.03 Å². The zero-order valence-corrected chi connectivity index (χ0v) is 17.0. The van der Waals surface area contributed by atoms with Crippen LogP contribution in [0.2, 0.25) is 0 Å². The van der Waals surface area contributed by atoms with E-state index in [-0.39, 0.29) is 0 Å². The molecule has 1 aliphatic rings. The Kier molecular flexibility index (Phi) is 7.58. The van der Waals surface area contributed by atoms with Crippen LogP contribution in [0, 0.1) is 0 Å². The van der Waals surface area contributed by atoms with Crippen LogP contribution in [0.25, 0.3) is 0 Å². The standard InChI is InChI=1S/C20H28N4O5/c1-4-11-20(12-5-2)18(27)24(19(28)21-20)13-16(25)22-23-17(26)14-7-9-15(10-8-14)29-6-3/h7-10H,4-6,11-13H2,1-3H3,(H,21,28)(H,22,25)(H,23,26). The molecule has 0 atom stereocenters. The van der Waals surface area contributed by atoms with Crippen LogP contribution in [0.4, 0.5) is 4.79 Å². The van der Waals surface area contributed by atoms with Crippen LogP contribution in [0.1, 0.15) is 56.8 Å². The number of benzene rings is 1. The summed E-state index contributed by atoms with van der Waals surface area (Å²) in [6.07, 6.45) is 2.48. The van der Waals surface area contributed by atoms with Crippen molar-refractivity contribution in [3.05, 3.63) is 29.8 Å². The third kappa shape index (κ3) is 5.24. The monoisotopic (exact) mass is 404 g/mol. The Balaban J connectivity index is 1.92. The largest absolute Gasteiger partial charge is 0.494 e. The summed E-state index contributed by atoms with van der Waals surface area (Å²) in [6.45, 7) is 5.77. The van der Waals surface area contributed by atoms with Gasteiger partial charge in [-0.1, -0.05) is 26.7 Å². The molecule has 0 unspecified atom stereocenters. The van der Waals surface area contributed by atoms with Gasteiger partial charge in [0.1, 0.15) is 17.8 Å². The van der Waals surface area contributed by atoms with Crippen molar-refractivity contribution in [3.63, 3.8) is 0 Å². The first kappa shape index (κ1) is 22.2. The van der Waals surface area contributed by atoms with Gasteiger partial charge in [-0.2, -0.15) is 0 Å². The molecule has 1 heterocycles. The fourth-order valence-corrected chi connectivity index (χ4v) is 3.39. The number of nitrogens with one attached hydrogen (secondary N) is 3. The maximum absolute atomic E-state index is 12.8. The highest BCUT2D eigenvalue weighted by atomic mass is 16.5. The molecule has 0 aromatic heterocycles. The summed E-state index contributed by atoms with van der Waals surface area (Å²) < 4.78 is 5.31. The minimum atomic E-state index is -0.952. The lowest BCUT2D eigenvalue weighted by atomic mass is 9.88. The summed E-state index contributed by atoms with van der Waals surface area (Å²) in [5, 5.41) is 2.74. The second-order valence-corrected chi connectivity index (χ2v) is 6.86. The number of imide groups is 1. The highest BCUT2D eigenvalue weighted by Crippen LogP contribution is 2.27. The van der Waals surface area contributed by atoms with Crippen molar-refractivity contribution < 1.29 is 23.9 Å². The minimum absolute atomic E-state index is 0.327. The smallest absolute Gasteiger partial charge is 0.325 e. The number of carbonyl (C=O) groups is 4. The van der Waals surface area contributed by atoms with E-state index >= 15 is 0 Å². The highest BCUT2D eigenvalue weighted by Gasteiger charge is 2.50. The van der Waals surface area contributed by atoms with Gasteiger partial charge in [0.25, 0.3) is 17.7 Å². The van der Waals surface area contributed by atoms with Crippen LogP contribution in [0.3, 0.4) is 0 Å². The third-order valence-corrected chi connectivity index (χ3v) is 4.64. The molecule has 9 heteroatoms. The fraction of sp³-hybridized carbons (Fsp3) is 0.500. The predicted molar refractivity (Wildman–Crippen MR) is 106 cm³/mol. The van der Waals surface area contributed by atoms with E-state index in [4.69, 9.17) is 4.74 Å². The Morgan fingerprint density at radius 2 is 1.66 bits per heavy atom. The van der Waals surface area contributed by atoms with Crippen molar-refractivity contribution in [2.45, 2.75) is 52.0 Å². The first-order valence-corrected chi connectivity index (χ1v) is 9.83. The van der Waals surface area contributed by atoms with Crippen molar-refractivity contribution in [3.8, 4) is 5.75 Å². The van der Waals surface area contributed by atoms with Gasteiger partial charge < -0.3 is 10.1 Å². The second kappa shape index (κ2) is 9.90. The summed E-state index contributed by atoms with van der Waals surface area (Å²) >= 11 is 0. The number of nitrogens with zero attached hydrogens (tertiary/aromatic N) is 1. The SMILES string of the molecule is CCCC1(CCC)NC(=O)N(CC(=O)NNC(=O)c2ccc(OCC)cc2)C1=O. The Bertz CT molecular complexity index is 757. The average Bonchev–Trinajstić information content (AvgIpc) is 2.92. The van der Waals surface area contributed by atoms with Crippen LogP contribution >= 0.6 is 0 Å². The van der Waals surface area contributed by atoms with Crippen LogP contribution in [0.15, 0.2) is 24.3 Å². The molecular formula is C20H28N4O5. The average molecular weight is 404 g/mol. The molecule has 0 spiro atoms. The molecule has 5 amide bonds. The van der Waals surface area contributed by atoms with E-state index in [1.165, 1.54) is 0 Å². The number of hydrogen-bond donors (Lipinski definition) is 3. The predicted octanol–water partition coefficient (Wildman–Crippen LogP) is 1.74. The molecule has 9 nitrogen and oxygen atoms in total. The number of urea groups is 1. The molecule has 0 saturated carbocycles. The molecular weight excluding hydrogens is 376 g/mol. The molecule has 3 N–H and O–H groups in total. The van der Waals surface area contributed by atoms with E-state index in [1.54, 1.807) is 24.3 Å². The summed E-state index contributed by atoms with van der Waals surface area (Å²) in [5.41, 5.74) is 3.89. The summed E-state index contributed by atoms with van der Waals surface area (Å²) in [6, 6.07) is 5.83. The van der Waals surface area contributed by atoms with Gasteiger partial charge in [0.2, 0.25) is 0 Å². The number of rotatable bonds is 9. The van der Waals surface area contributed by atoms with Crippen molar-refractivity contribution >= 4 is 23.8 Å². The number of carbonyl (C=O) groups excluding carboxylic acids is 4. The quantitative estimate of drug-likeness (QED) is 0.428. The number of amides is 5. The maximum atomic E-state index is 12.8. The van der Waals surface area contributed by atoms with E-state index in [9.17, 15) is 19.2 Å². The third-order valence-electron chi connectivity index (χ3n) is 4.64. The van der Waals surface area contributed by atoms with E-state index < -0.39 is 35.8 Å². The van der Waals surface area contributed by atoms with Gasteiger partial charge in [-0.3, -0.25) is 30.1 Å². The minimum Gasteiger partial charge on any atom is -0.494 e. The summed E-state index contributed by atoms with van der Waals surface area (Å²) in [5.74, 6) is -0.963. The van der Waals surface area contributed by atoms with Crippen LogP contribution in [-0.4, -0.2) is 47.3 Å². The molecule has 29 heavy (non-hydrogen) atoms. The molecule has 0 aliphatic carbocycles. The molecule has 1 aromatic rings. The molecule has 1 saturated heterocycles. The fourth-order valence-electron chi connectivity index (χ4n) is 3.39. The second-order valence-electron chi connectivity index (χ2n) is 6.86. The Morgan fingerprint density at radius 1 is 1.03 bits per heavy atom. The van der Waals surface area contributed by atoms with E-state index in [0.29, 0.717) is 30.8 Å². The normalized spacial score (nSPS) is 15.1. The van der Waals surface area contributed by atoms with E-state index in [1.807, 2.05) is 20.8 Å². The van der Waals surface area contributed by atoms with Gasteiger partial charge in [0.05, 0.1) is 6.61 Å². The summed E-state index contributed by atoms with van der Waals surface area (Å²) in [4.78, 5) is 50.2. The first-order valence-electron chi connectivity index (χ1n) is 9.83. The van der Waals surface area contributed by atoms with E-state index in [0.717, 1.165) is 17.7 Å². The van der Waals surface area contributed by atoms with Gasteiger partial charge in [-0.25, -0.2) is 4.79 Å². The molecule has 0 bridgehead atoms. The highest BCUT2D eigenvalue weighted by molar-refractivity contribution is 6.09. The zero-order valence-electron chi connectivity index (χ0n) is 17.0. The van der Waals surface area contributed by atoms with Crippen LogP contribution < -0.4 is 20.9 Å². The number of hydrogen-bond acceptors (Lipinski definition) is 5. The van der Waals surface area contributed by atoms with Gasteiger partial charge in [-0.15, -0.1) is 0 Å². The van der Waals surface area contributed by atoms with Gasteiger partial charge in [0.15, 0.2) is 0 Å². The lowest BCUT2D eigenvalue weighted by Gasteiger charge is -2.25. The van der Waals surface area contributed by atoms with Crippen molar-refractivity contribution in [1.82, 2.24) is 21.1 Å². The Morgan fingerprint density at radius 3 is 2.21 bits per heavy atom. The molecule has 1 aliphatic heterocycles. The van der Waals surface area contributed by atoms with Crippen LogP contribution in [-0.2, 0) is 9.59 Å². The van der Waals surface area contributed by atoms with Crippen LogP contribution in [0.5, 0.6) is 5.75 Å². The van der Waals surface area contributed by atoms with Gasteiger partial charge in [0, 0.05) is 5.56 Å². The lowest BCUT2D eigenvalue weighted by molar-refractivity contribution is -0.135. The Hall–Kier alpha value is -3.10. The van der Waals surface area contributed by atoms with Crippen molar-refractivity contribution in [2.75, 3.05) is 13.2 Å². The van der Waals surface area contributed by atoms with Crippen molar-refractivity contribution in [2.24, 2.45) is 0 Å². The lowest BCUT2D eigenvalue weighted by Crippen LogP contribution is -2.49. The molecule has 158 valence electrons. The molecule has 1 aromatic carbocycles. The molecule has 2 rings (SSSR count). The number of hydrazine groups is 1. The molecule has 0 radical (unpaired) electrons. The van der Waals surface area contributed by atoms with E-state index in [2.05, 4.69) is 16.2 Å². The number of ether oxygens (including phenoxy) is 1. The topological polar surface area (TPSA) is 117 Å². The molecule has 1 fully saturated rings. The maximum Gasteiger partial charge on any atom is 0.325 e. The summed E-state index contributed by atoms with van der Waals surface area (Å²) in [7, 11) is 0. The Labute approximate surface area is 170 Å².